The van der Waals surface area contributed by atoms with Crippen LogP contribution >= 0.6 is 22.9 Å². The molecule has 158 valence electrons. The number of halogens is 2. The number of benzene rings is 1. The number of fused-ring (bicyclic) bond motifs is 1. The number of anilines is 1. The lowest BCUT2D eigenvalue weighted by Gasteiger charge is -2.15. The van der Waals surface area contributed by atoms with Crippen LogP contribution in [0.4, 0.5) is 10.3 Å². The van der Waals surface area contributed by atoms with Gasteiger partial charge in [-0.2, -0.15) is 0 Å². The van der Waals surface area contributed by atoms with Crippen LogP contribution in [0.1, 0.15) is 34.6 Å². The second kappa shape index (κ2) is 9.36. The van der Waals surface area contributed by atoms with E-state index < -0.39 is 5.82 Å². The normalized spacial score (nSPS) is 12.0. The van der Waals surface area contributed by atoms with Gasteiger partial charge in [0.25, 0.3) is 5.91 Å². The molecule has 0 radical (unpaired) electrons. The Hall–Kier alpha value is -3.10. The van der Waals surface area contributed by atoms with Gasteiger partial charge >= 0.3 is 0 Å². The van der Waals surface area contributed by atoms with Crippen LogP contribution in [-0.4, -0.2) is 27.4 Å². The molecule has 0 aliphatic heterocycles. The van der Waals surface area contributed by atoms with Crippen LogP contribution in [0, 0.1) is 5.82 Å². The third kappa shape index (κ3) is 5.15. The van der Waals surface area contributed by atoms with Gasteiger partial charge in [0, 0.05) is 17.8 Å². The average Bonchev–Trinajstić information content (AvgIpc) is 3.23. The summed E-state index contributed by atoms with van der Waals surface area (Å²) in [7, 11) is 0. The summed E-state index contributed by atoms with van der Waals surface area (Å²) in [5, 5.41) is 8.60. The number of nitrogens with one attached hydrogen (secondary N) is 2. The monoisotopic (exact) mass is 455 g/mol. The Morgan fingerprint density at radius 1 is 1.19 bits per heavy atom. The maximum absolute atomic E-state index is 13.5. The van der Waals surface area contributed by atoms with Crippen molar-refractivity contribution in [3.8, 4) is 0 Å². The highest BCUT2D eigenvalue weighted by atomic mass is 35.5. The molecule has 31 heavy (non-hydrogen) atoms. The van der Waals surface area contributed by atoms with Gasteiger partial charge in [0.1, 0.15) is 5.82 Å². The van der Waals surface area contributed by atoms with Crippen LogP contribution in [0.5, 0.6) is 0 Å². The predicted molar refractivity (Wildman–Crippen MR) is 121 cm³/mol. The van der Waals surface area contributed by atoms with Crippen LogP contribution < -0.4 is 10.6 Å². The fourth-order valence-corrected chi connectivity index (χ4v) is 4.02. The topological polar surface area (TPSA) is 79.8 Å². The van der Waals surface area contributed by atoms with E-state index in [0.717, 1.165) is 16.5 Å². The molecule has 0 fully saturated rings. The summed E-state index contributed by atoms with van der Waals surface area (Å²) in [5.41, 5.74) is 2.72. The van der Waals surface area contributed by atoms with Crippen molar-refractivity contribution in [1.82, 2.24) is 20.3 Å². The van der Waals surface area contributed by atoms with Crippen LogP contribution in [0.3, 0.4) is 0 Å². The van der Waals surface area contributed by atoms with Gasteiger partial charge < -0.3 is 10.6 Å². The van der Waals surface area contributed by atoms with Crippen LogP contribution in [0.15, 0.2) is 54.2 Å². The summed E-state index contributed by atoms with van der Waals surface area (Å²) in [5.74, 6) is -0.390. The molecule has 0 unspecified atom stereocenters. The number of carbonyl (C=O) groups is 1. The molecule has 9 heteroatoms. The van der Waals surface area contributed by atoms with Crippen molar-refractivity contribution >= 4 is 45.0 Å². The standard InChI is InChI=1S/C22H19ClFN5OS/c1-13(15-10-17(24)12-25-11-15)27-22-28-18-7-9-31-20(18)19(29-22)21(30)26-8-6-14-2-4-16(23)5-3-14/h2-5,7,9-13H,6,8H2,1H3,(H,26,30)(H,27,28,29)/t13-/m0/s1. The van der Waals surface area contributed by atoms with Crippen LogP contribution in [0.25, 0.3) is 10.2 Å². The molecule has 2 N–H and O–H groups in total. The summed E-state index contributed by atoms with van der Waals surface area (Å²) < 4.78 is 14.2. The van der Waals surface area contributed by atoms with Crippen molar-refractivity contribution < 1.29 is 9.18 Å². The van der Waals surface area contributed by atoms with E-state index in [1.807, 2.05) is 42.6 Å². The summed E-state index contributed by atoms with van der Waals surface area (Å²) in [6.45, 7) is 2.31. The van der Waals surface area contributed by atoms with Crippen LogP contribution in [-0.2, 0) is 6.42 Å². The Morgan fingerprint density at radius 2 is 2.00 bits per heavy atom. The molecule has 6 nitrogen and oxygen atoms in total. The number of aromatic nitrogens is 3. The van der Waals surface area contributed by atoms with Crippen molar-refractivity contribution in [3.05, 3.63) is 81.8 Å². The van der Waals surface area contributed by atoms with Crippen molar-refractivity contribution in [2.75, 3.05) is 11.9 Å². The van der Waals surface area contributed by atoms with E-state index in [-0.39, 0.29) is 11.9 Å². The fourth-order valence-electron chi connectivity index (χ4n) is 3.08. The number of carbonyl (C=O) groups excluding carboxylic acids is 1. The molecule has 0 aliphatic rings. The highest BCUT2D eigenvalue weighted by molar-refractivity contribution is 7.17. The Kier molecular flexibility index (Phi) is 6.39. The molecule has 0 saturated heterocycles. The second-order valence-electron chi connectivity index (χ2n) is 6.97. The SMILES string of the molecule is C[C@H](Nc1nc(C(=O)NCCc2ccc(Cl)cc2)c2sccc2n1)c1cncc(F)c1. The Balaban J connectivity index is 1.49. The average molecular weight is 456 g/mol. The van der Waals surface area contributed by atoms with E-state index in [1.165, 1.54) is 17.4 Å². The molecule has 0 saturated carbocycles. The first-order chi connectivity index (χ1) is 15.0. The van der Waals surface area contributed by atoms with E-state index >= 15 is 0 Å². The number of hydrogen-bond acceptors (Lipinski definition) is 6. The number of thiophene rings is 1. The maximum Gasteiger partial charge on any atom is 0.271 e. The van der Waals surface area contributed by atoms with Gasteiger partial charge in [-0.25, -0.2) is 14.4 Å². The Bertz CT molecular complexity index is 1210. The minimum atomic E-state index is -0.416. The number of rotatable bonds is 7. The molecule has 0 bridgehead atoms. The molecule has 4 rings (SSSR count). The van der Waals surface area contributed by atoms with Crippen molar-refractivity contribution in [3.63, 3.8) is 0 Å². The third-order valence-electron chi connectivity index (χ3n) is 4.70. The first-order valence-corrected chi connectivity index (χ1v) is 10.9. The first-order valence-electron chi connectivity index (χ1n) is 9.64. The second-order valence-corrected chi connectivity index (χ2v) is 8.32. The summed E-state index contributed by atoms with van der Waals surface area (Å²) in [6, 6.07) is 10.5. The minimum Gasteiger partial charge on any atom is -0.350 e. The van der Waals surface area contributed by atoms with Crippen molar-refractivity contribution in [1.29, 1.82) is 0 Å². The summed E-state index contributed by atoms with van der Waals surface area (Å²) >= 11 is 7.32. The third-order valence-corrected chi connectivity index (χ3v) is 5.87. The van der Waals surface area contributed by atoms with Gasteiger partial charge in [0.2, 0.25) is 5.95 Å². The molecule has 1 amide bonds. The molecule has 4 aromatic rings. The highest BCUT2D eigenvalue weighted by Crippen LogP contribution is 2.25. The molecule has 0 aliphatic carbocycles. The van der Waals surface area contributed by atoms with E-state index in [9.17, 15) is 9.18 Å². The molecule has 0 spiro atoms. The van der Waals surface area contributed by atoms with Gasteiger partial charge in [0.15, 0.2) is 5.69 Å². The predicted octanol–water partition coefficient (Wildman–Crippen LogP) is 5.02. The summed E-state index contributed by atoms with van der Waals surface area (Å²) in [4.78, 5) is 25.6. The van der Waals surface area contributed by atoms with E-state index in [2.05, 4.69) is 25.6 Å². The zero-order valence-corrected chi connectivity index (χ0v) is 18.2. The molecule has 3 aromatic heterocycles. The zero-order valence-electron chi connectivity index (χ0n) is 16.6. The molecular formula is C22H19ClFN5OS. The van der Waals surface area contributed by atoms with Crippen molar-refractivity contribution in [2.45, 2.75) is 19.4 Å². The number of hydrogen-bond donors (Lipinski definition) is 2. The number of pyridine rings is 1. The highest BCUT2D eigenvalue weighted by Gasteiger charge is 2.17. The molecule has 1 aromatic carbocycles. The Labute approximate surface area is 187 Å². The molecular weight excluding hydrogens is 437 g/mol. The number of nitrogens with zero attached hydrogens (tertiary/aromatic N) is 3. The maximum atomic E-state index is 13.5. The smallest absolute Gasteiger partial charge is 0.271 e. The molecule has 3 heterocycles. The first kappa shape index (κ1) is 21.1. The largest absolute Gasteiger partial charge is 0.350 e. The van der Waals surface area contributed by atoms with Gasteiger partial charge in [-0.1, -0.05) is 23.7 Å². The lowest BCUT2D eigenvalue weighted by molar-refractivity contribution is 0.0951. The molecule has 1 atom stereocenters. The lowest BCUT2D eigenvalue weighted by atomic mass is 10.1. The van der Waals surface area contributed by atoms with Crippen LogP contribution in [0.2, 0.25) is 5.02 Å². The van der Waals surface area contributed by atoms with Crippen molar-refractivity contribution in [2.24, 2.45) is 0 Å². The van der Waals surface area contributed by atoms with Gasteiger partial charge in [-0.3, -0.25) is 9.78 Å². The zero-order chi connectivity index (χ0) is 21.8. The Morgan fingerprint density at radius 3 is 2.77 bits per heavy atom. The quantitative estimate of drug-likeness (QED) is 0.409. The van der Waals surface area contributed by atoms with E-state index in [0.29, 0.717) is 40.7 Å². The van der Waals surface area contributed by atoms with Gasteiger partial charge in [-0.15, -0.1) is 11.3 Å². The number of amides is 1. The lowest BCUT2D eigenvalue weighted by Crippen LogP contribution is -2.27. The van der Waals surface area contributed by atoms with E-state index in [4.69, 9.17) is 11.6 Å². The minimum absolute atomic E-state index is 0.271. The fraction of sp³-hybridized carbons (Fsp3) is 0.182. The van der Waals surface area contributed by atoms with Gasteiger partial charge in [-0.05, 0) is 54.1 Å². The van der Waals surface area contributed by atoms with E-state index in [1.54, 1.807) is 6.20 Å². The summed E-state index contributed by atoms with van der Waals surface area (Å²) in [6.07, 6.45) is 3.40. The van der Waals surface area contributed by atoms with Gasteiger partial charge in [0.05, 0.1) is 22.5 Å².